The molecule has 4 heteroatoms. The molecule has 2 N–H and O–H groups in total. The van der Waals surface area contributed by atoms with E-state index in [9.17, 15) is 10.2 Å². The number of rotatable bonds is 12. The largest absolute Gasteiger partial charge is 0.369 e. The van der Waals surface area contributed by atoms with Gasteiger partial charge in [0.05, 0.1) is 0 Å². The van der Waals surface area contributed by atoms with Crippen molar-refractivity contribution in [1.29, 1.82) is 0 Å². The molecule has 5 aromatic rings. The van der Waals surface area contributed by atoms with Crippen LogP contribution in [0, 0.1) is 58.4 Å². The average Bonchev–Trinajstić information content (AvgIpc) is 3.12. The summed E-state index contributed by atoms with van der Waals surface area (Å²) in [5.74, 6) is 10.5. The quantitative estimate of drug-likeness (QED) is 0.0749. The molecule has 1 aliphatic carbocycles. The molecular weight excluding hydrogens is 737 g/mol. The molecule has 5 aromatic carbocycles. The molecule has 2 atom stereocenters. The Balaban J connectivity index is 1.76. The zero-order valence-electron chi connectivity index (χ0n) is 37.7. The Kier molecular flexibility index (Phi) is 13.0. The summed E-state index contributed by atoms with van der Waals surface area (Å²) in [4.78, 5) is 0. The lowest BCUT2D eigenvalue weighted by molar-refractivity contribution is 0.0950. The Labute approximate surface area is 353 Å². The van der Waals surface area contributed by atoms with Crippen LogP contribution in [0.4, 0.5) is 0 Å². The van der Waals surface area contributed by atoms with Crippen LogP contribution in [0.15, 0.2) is 84.9 Å². The van der Waals surface area contributed by atoms with Crippen LogP contribution in [0.25, 0.3) is 32.3 Å². The lowest BCUT2D eigenvalue weighted by atomic mass is 9.67. The normalized spacial score (nSPS) is 18.3. The summed E-state index contributed by atoms with van der Waals surface area (Å²) >= 11 is 0. The molecule has 0 fully saturated rings. The van der Waals surface area contributed by atoms with Gasteiger partial charge in [-0.1, -0.05) is 143 Å². The lowest BCUT2D eigenvalue weighted by Crippen LogP contribution is -2.44. The topological polar surface area (TPSA) is 40.5 Å². The van der Waals surface area contributed by atoms with E-state index < -0.39 is 27.3 Å². The van der Waals surface area contributed by atoms with Gasteiger partial charge in [-0.05, 0) is 140 Å². The highest BCUT2D eigenvalue weighted by molar-refractivity contribution is 6.88. The predicted octanol–water partition coefficient (Wildman–Crippen LogP) is 13.9. The molecule has 6 rings (SSSR count). The third-order valence-corrected chi connectivity index (χ3v) is 23.0. The van der Waals surface area contributed by atoms with Gasteiger partial charge in [0.25, 0.3) is 0 Å². The maximum atomic E-state index is 13.8. The zero-order chi connectivity index (χ0) is 42.2. The summed E-state index contributed by atoms with van der Waals surface area (Å²) in [5.41, 5.74) is 7.37. The molecule has 2 nitrogen and oxygen atoms in total. The first-order valence-corrected chi connectivity index (χ1v) is 27.6. The van der Waals surface area contributed by atoms with Gasteiger partial charge in [0, 0.05) is 22.3 Å². The van der Waals surface area contributed by atoms with E-state index in [0.29, 0.717) is 57.8 Å². The second-order valence-corrected chi connectivity index (χ2v) is 28.8. The minimum absolute atomic E-state index is 0.507. The molecule has 0 heterocycles. The van der Waals surface area contributed by atoms with Crippen LogP contribution in [0.1, 0.15) is 105 Å². The molecule has 2 unspecified atom stereocenters. The van der Waals surface area contributed by atoms with E-state index in [-0.39, 0.29) is 0 Å². The molecular formula is C54H70O2Si2. The van der Waals surface area contributed by atoms with Crippen molar-refractivity contribution < 1.29 is 10.2 Å². The third-order valence-electron chi connectivity index (χ3n) is 12.1. The van der Waals surface area contributed by atoms with Crippen molar-refractivity contribution in [2.24, 2.45) is 35.5 Å². The highest BCUT2D eigenvalue weighted by atomic mass is 28.3. The van der Waals surface area contributed by atoms with E-state index in [0.717, 1.165) is 68.6 Å². The van der Waals surface area contributed by atoms with Crippen LogP contribution in [-0.2, 0) is 11.2 Å². The molecule has 0 amide bonds. The number of hydrogen-bond donors (Lipinski definition) is 2. The van der Waals surface area contributed by atoms with Crippen molar-refractivity contribution in [2.45, 2.75) is 131 Å². The van der Waals surface area contributed by atoms with Crippen molar-refractivity contribution in [2.75, 3.05) is 0 Å². The minimum atomic E-state index is -2.23. The lowest BCUT2D eigenvalue weighted by Gasteiger charge is -2.41. The van der Waals surface area contributed by atoms with Gasteiger partial charge >= 0.3 is 0 Å². The monoisotopic (exact) mass is 806 g/mol. The smallest absolute Gasteiger partial charge is 0.177 e. The summed E-state index contributed by atoms with van der Waals surface area (Å²) in [5, 5.41) is 34.0. The predicted molar refractivity (Wildman–Crippen MR) is 256 cm³/mol. The first-order valence-electron chi connectivity index (χ1n) is 22.3. The average molecular weight is 807 g/mol. The van der Waals surface area contributed by atoms with Crippen molar-refractivity contribution in [3.05, 3.63) is 107 Å². The van der Waals surface area contributed by atoms with Crippen LogP contribution in [0.2, 0.25) is 36.3 Å². The molecule has 58 heavy (non-hydrogen) atoms. The Morgan fingerprint density at radius 2 is 0.603 bits per heavy atom. The van der Waals surface area contributed by atoms with Gasteiger partial charge < -0.3 is 10.2 Å². The second-order valence-electron chi connectivity index (χ2n) is 20.8. The van der Waals surface area contributed by atoms with Crippen LogP contribution < -0.4 is 0 Å². The van der Waals surface area contributed by atoms with Crippen molar-refractivity contribution >= 4 is 48.5 Å². The van der Waals surface area contributed by atoms with Gasteiger partial charge in [-0.3, -0.25) is 0 Å². The fraction of sp³-hybridized carbons (Fsp3) is 0.481. The van der Waals surface area contributed by atoms with E-state index in [1.54, 1.807) is 0 Å². The van der Waals surface area contributed by atoms with Gasteiger partial charge in [-0.2, -0.15) is 0 Å². The fourth-order valence-corrected chi connectivity index (χ4v) is 22.8. The van der Waals surface area contributed by atoms with Crippen LogP contribution in [0.5, 0.6) is 0 Å². The SMILES string of the molecule is CC(C)C[Si](C#CC1(O)c2cc3ccccc3cc2C(O)(C#C[Si](CC(C)C)(CC(C)C)CC(C)C)c2cc3cc4ccccc4cc3cc21)(CC(C)C)CC(C)C. The summed E-state index contributed by atoms with van der Waals surface area (Å²) in [6.45, 7) is 27.9. The van der Waals surface area contributed by atoms with E-state index >= 15 is 0 Å². The van der Waals surface area contributed by atoms with Crippen molar-refractivity contribution in [3.63, 3.8) is 0 Å². The maximum absolute atomic E-state index is 13.8. The molecule has 0 radical (unpaired) electrons. The molecule has 1 aliphatic rings. The Hall–Kier alpha value is -3.65. The van der Waals surface area contributed by atoms with Gasteiger partial charge in [-0.25, -0.2) is 0 Å². The van der Waals surface area contributed by atoms with E-state index in [4.69, 9.17) is 0 Å². The zero-order valence-corrected chi connectivity index (χ0v) is 39.7. The van der Waals surface area contributed by atoms with Crippen LogP contribution >= 0.6 is 0 Å². The van der Waals surface area contributed by atoms with E-state index in [1.807, 2.05) is 0 Å². The summed E-state index contributed by atoms with van der Waals surface area (Å²) in [6.07, 6.45) is 0. The summed E-state index contributed by atoms with van der Waals surface area (Å²) in [6, 6.07) is 36.3. The maximum Gasteiger partial charge on any atom is 0.177 e. The molecule has 0 aliphatic heterocycles. The fourth-order valence-electron chi connectivity index (χ4n) is 10.9. The number of fused-ring (bicyclic) bond motifs is 5. The molecule has 0 aromatic heterocycles. The van der Waals surface area contributed by atoms with Gasteiger partial charge in [-0.15, -0.1) is 11.1 Å². The third kappa shape index (κ3) is 9.22. The Morgan fingerprint density at radius 3 is 0.845 bits per heavy atom. The molecule has 0 saturated carbocycles. The highest BCUT2D eigenvalue weighted by Gasteiger charge is 2.50. The van der Waals surface area contributed by atoms with Crippen LogP contribution in [0.3, 0.4) is 0 Å². The minimum Gasteiger partial charge on any atom is -0.369 e. The highest BCUT2D eigenvalue weighted by Crippen LogP contribution is 2.51. The van der Waals surface area contributed by atoms with Gasteiger partial charge in [0.1, 0.15) is 16.1 Å². The first kappa shape index (κ1) is 43.9. The van der Waals surface area contributed by atoms with Gasteiger partial charge in [0.15, 0.2) is 11.2 Å². The first-order chi connectivity index (χ1) is 27.3. The van der Waals surface area contributed by atoms with E-state index in [2.05, 4.69) is 191 Å². The van der Waals surface area contributed by atoms with Crippen molar-refractivity contribution in [1.82, 2.24) is 0 Å². The molecule has 0 spiro atoms. The Bertz CT molecular complexity index is 2180. The second kappa shape index (κ2) is 17.1. The molecule has 0 bridgehead atoms. The van der Waals surface area contributed by atoms with Crippen molar-refractivity contribution in [3.8, 4) is 22.9 Å². The van der Waals surface area contributed by atoms with E-state index in [1.165, 1.54) is 0 Å². The van der Waals surface area contributed by atoms with Crippen LogP contribution in [-0.4, -0.2) is 26.4 Å². The standard InChI is InChI=1S/C54H70O2Si2/c1-37(2)31-57(32-38(3)4,33-39(5)6)23-21-53(55)49-27-45-19-15-16-20-46(45)28-50(49)54(56,22-24-58(34-40(7)8,35-41(9)10)36-42(11)12)52-30-48-26-44-18-14-13-17-43(44)25-47(48)29-51(52)53/h13-20,25-30,37-42,55-56H,31-36H2,1-12H3. The molecule has 306 valence electrons. The summed E-state index contributed by atoms with van der Waals surface area (Å²) in [7, 11) is -4.46. The number of aliphatic hydroxyl groups is 2. The number of benzene rings is 5. The van der Waals surface area contributed by atoms with Gasteiger partial charge in [0.2, 0.25) is 0 Å². The number of hydrogen-bond acceptors (Lipinski definition) is 2. The summed E-state index contributed by atoms with van der Waals surface area (Å²) < 4.78 is 0. The Morgan fingerprint density at radius 1 is 0.379 bits per heavy atom. The molecule has 0 saturated heterocycles.